The first kappa shape index (κ1) is 16.0. The highest BCUT2D eigenvalue weighted by atomic mass is 16.6. The first-order valence-corrected chi connectivity index (χ1v) is 7.14. The Morgan fingerprint density at radius 1 is 1.00 bits per heavy atom. The monoisotopic (exact) mass is 270 g/mol. The summed E-state index contributed by atoms with van der Waals surface area (Å²) in [5.74, 6) is -1.21. The van der Waals surface area contributed by atoms with Crippen LogP contribution in [0.1, 0.15) is 60.3 Å². The summed E-state index contributed by atoms with van der Waals surface area (Å²) in [5.41, 5.74) is -0.513. The summed E-state index contributed by atoms with van der Waals surface area (Å²) in [4.78, 5) is 24.2. The van der Waals surface area contributed by atoms with Crippen molar-refractivity contribution in [2.24, 2.45) is 11.8 Å². The number of rotatable bonds is 3. The minimum Gasteiger partial charge on any atom is -0.463 e. The highest BCUT2D eigenvalue weighted by Gasteiger charge is 2.39. The van der Waals surface area contributed by atoms with Gasteiger partial charge in [-0.2, -0.15) is 0 Å². The second-order valence-electron chi connectivity index (χ2n) is 6.52. The van der Waals surface area contributed by atoms with Gasteiger partial charge in [-0.15, -0.1) is 0 Å². The molecular weight excluding hydrogens is 244 g/mol. The molecule has 0 spiro atoms. The highest BCUT2D eigenvalue weighted by Crippen LogP contribution is 2.33. The summed E-state index contributed by atoms with van der Waals surface area (Å²) in [6, 6.07) is 0. The fourth-order valence-corrected chi connectivity index (χ4v) is 2.39. The topological polar surface area (TPSA) is 52.6 Å². The average Bonchev–Trinajstić information content (AvgIpc) is 2.25. The lowest BCUT2D eigenvalue weighted by Gasteiger charge is -2.31. The number of esters is 2. The third kappa shape index (κ3) is 5.21. The second kappa shape index (κ2) is 6.40. The smallest absolute Gasteiger partial charge is 0.310 e. The van der Waals surface area contributed by atoms with Gasteiger partial charge in [0.25, 0.3) is 0 Å². The zero-order chi connectivity index (χ0) is 14.6. The van der Waals surface area contributed by atoms with E-state index in [2.05, 4.69) is 0 Å². The van der Waals surface area contributed by atoms with Crippen molar-refractivity contribution in [3.8, 4) is 0 Å². The predicted octanol–water partition coefficient (Wildman–Crippen LogP) is 3.09. The highest BCUT2D eigenvalue weighted by molar-refractivity contribution is 5.82. The molecule has 0 aliphatic heterocycles. The van der Waals surface area contributed by atoms with Gasteiger partial charge in [0.05, 0.1) is 17.9 Å². The van der Waals surface area contributed by atoms with Crippen molar-refractivity contribution in [2.45, 2.75) is 72.0 Å². The van der Waals surface area contributed by atoms with Gasteiger partial charge in [-0.25, -0.2) is 0 Å². The van der Waals surface area contributed by atoms with E-state index in [1.807, 2.05) is 34.6 Å². The Hall–Kier alpha value is -1.06. The maximum Gasteiger partial charge on any atom is 0.310 e. The summed E-state index contributed by atoms with van der Waals surface area (Å²) in [5, 5.41) is 0. The zero-order valence-electron chi connectivity index (χ0n) is 12.7. The lowest BCUT2D eigenvalue weighted by atomic mass is 9.79. The largest absolute Gasteiger partial charge is 0.463 e. The number of carbonyl (C=O) groups excluding carboxylic acids is 2. The molecule has 0 radical (unpaired) electrons. The average molecular weight is 270 g/mol. The maximum absolute atomic E-state index is 12.2. The molecule has 0 saturated heterocycles. The van der Waals surface area contributed by atoms with Crippen LogP contribution in [0.2, 0.25) is 0 Å². The van der Waals surface area contributed by atoms with Crippen molar-refractivity contribution in [3.05, 3.63) is 0 Å². The van der Waals surface area contributed by atoms with Gasteiger partial charge in [0.2, 0.25) is 0 Å². The van der Waals surface area contributed by atoms with Gasteiger partial charge in [-0.3, -0.25) is 9.59 Å². The van der Waals surface area contributed by atoms with E-state index in [4.69, 9.17) is 9.47 Å². The quantitative estimate of drug-likeness (QED) is 0.739. The first-order chi connectivity index (χ1) is 8.70. The Bertz CT molecular complexity index is 328. The number of hydrogen-bond acceptors (Lipinski definition) is 4. The minimum atomic E-state index is -0.513. The van der Waals surface area contributed by atoms with Crippen LogP contribution in [0.4, 0.5) is 0 Å². The van der Waals surface area contributed by atoms with E-state index < -0.39 is 5.60 Å². The van der Waals surface area contributed by atoms with Crippen LogP contribution in [0.25, 0.3) is 0 Å². The molecular formula is C15H26O4. The van der Waals surface area contributed by atoms with Crippen LogP contribution >= 0.6 is 0 Å². The summed E-state index contributed by atoms with van der Waals surface area (Å²) >= 11 is 0. The van der Waals surface area contributed by atoms with Crippen molar-refractivity contribution >= 4 is 11.9 Å². The van der Waals surface area contributed by atoms with E-state index >= 15 is 0 Å². The number of carbonyl (C=O) groups is 2. The van der Waals surface area contributed by atoms with Crippen molar-refractivity contribution in [2.75, 3.05) is 0 Å². The third-order valence-corrected chi connectivity index (χ3v) is 3.13. The molecule has 1 aliphatic rings. The van der Waals surface area contributed by atoms with Crippen LogP contribution in [0.15, 0.2) is 0 Å². The van der Waals surface area contributed by atoms with Crippen LogP contribution in [0.3, 0.4) is 0 Å². The van der Waals surface area contributed by atoms with Crippen LogP contribution in [-0.4, -0.2) is 23.6 Å². The van der Waals surface area contributed by atoms with E-state index in [1.54, 1.807) is 0 Å². The molecule has 4 nitrogen and oxygen atoms in total. The van der Waals surface area contributed by atoms with E-state index in [0.717, 1.165) is 19.3 Å². The predicted molar refractivity (Wildman–Crippen MR) is 72.5 cm³/mol. The molecule has 1 rings (SSSR count). The Kier molecular flexibility index (Phi) is 5.39. The standard InChI is InChI=1S/C15H26O4/c1-10(2)18-13(16)11-8-6-7-9-12(11)14(17)19-15(3,4)5/h10-12H,6-9H2,1-5H3. The summed E-state index contributed by atoms with van der Waals surface area (Å²) in [6.45, 7) is 9.17. The number of ether oxygens (including phenoxy) is 2. The van der Waals surface area contributed by atoms with Gasteiger partial charge < -0.3 is 9.47 Å². The van der Waals surface area contributed by atoms with E-state index in [0.29, 0.717) is 6.42 Å². The number of hydrogen-bond donors (Lipinski definition) is 0. The van der Waals surface area contributed by atoms with Crippen LogP contribution in [-0.2, 0) is 19.1 Å². The van der Waals surface area contributed by atoms with Gasteiger partial charge >= 0.3 is 11.9 Å². The molecule has 1 aliphatic carbocycles. The Morgan fingerprint density at radius 3 is 1.89 bits per heavy atom. The summed E-state index contributed by atoms with van der Waals surface area (Å²) < 4.78 is 10.7. The molecule has 1 fully saturated rings. The second-order valence-corrected chi connectivity index (χ2v) is 6.52. The molecule has 4 heteroatoms. The fourth-order valence-electron chi connectivity index (χ4n) is 2.39. The third-order valence-electron chi connectivity index (χ3n) is 3.13. The molecule has 0 aromatic heterocycles. The molecule has 0 heterocycles. The van der Waals surface area contributed by atoms with E-state index in [-0.39, 0.29) is 29.9 Å². The molecule has 1 saturated carbocycles. The zero-order valence-corrected chi connectivity index (χ0v) is 12.7. The molecule has 2 unspecified atom stereocenters. The maximum atomic E-state index is 12.2. The molecule has 0 aromatic carbocycles. The van der Waals surface area contributed by atoms with Crippen LogP contribution < -0.4 is 0 Å². The lowest BCUT2D eigenvalue weighted by molar-refractivity contribution is -0.171. The van der Waals surface area contributed by atoms with Crippen molar-refractivity contribution in [1.29, 1.82) is 0 Å². The Labute approximate surface area is 115 Å². The molecule has 19 heavy (non-hydrogen) atoms. The van der Waals surface area contributed by atoms with Crippen molar-refractivity contribution in [1.82, 2.24) is 0 Å². The SMILES string of the molecule is CC(C)OC(=O)C1CCCCC1C(=O)OC(C)(C)C. The van der Waals surface area contributed by atoms with E-state index in [1.165, 1.54) is 0 Å². The molecule has 0 N–H and O–H groups in total. The van der Waals surface area contributed by atoms with Crippen molar-refractivity contribution < 1.29 is 19.1 Å². The van der Waals surface area contributed by atoms with Gasteiger partial charge in [-0.05, 0) is 47.5 Å². The van der Waals surface area contributed by atoms with Crippen LogP contribution in [0, 0.1) is 11.8 Å². The van der Waals surface area contributed by atoms with Crippen molar-refractivity contribution in [3.63, 3.8) is 0 Å². The molecule has 0 aromatic rings. The molecule has 0 amide bonds. The van der Waals surface area contributed by atoms with Crippen LogP contribution in [0.5, 0.6) is 0 Å². The summed E-state index contributed by atoms with van der Waals surface area (Å²) in [7, 11) is 0. The first-order valence-electron chi connectivity index (χ1n) is 7.14. The Morgan fingerprint density at radius 2 is 1.47 bits per heavy atom. The lowest BCUT2D eigenvalue weighted by Crippen LogP contribution is -2.38. The van der Waals surface area contributed by atoms with Gasteiger partial charge in [0, 0.05) is 0 Å². The summed E-state index contributed by atoms with van der Waals surface area (Å²) in [6.07, 6.45) is 3.23. The molecule has 110 valence electrons. The van der Waals surface area contributed by atoms with Gasteiger partial charge in [0.15, 0.2) is 0 Å². The Balaban J connectivity index is 2.72. The molecule has 2 atom stereocenters. The van der Waals surface area contributed by atoms with E-state index in [9.17, 15) is 9.59 Å². The molecule has 0 bridgehead atoms. The van der Waals surface area contributed by atoms with Gasteiger partial charge in [-0.1, -0.05) is 12.8 Å². The normalized spacial score (nSPS) is 24.1. The fraction of sp³-hybridized carbons (Fsp3) is 0.867. The van der Waals surface area contributed by atoms with Gasteiger partial charge in [0.1, 0.15) is 5.60 Å². The minimum absolute atomic E-state index is 0.145.